The molecule has 0 radical (unpaired) electrons. The van der Waals surface area contributed by atoms with Gasteiger partial charge in [0.25, 0.3) is 0 Å². The minimum atomic E-state index is -0.216. The first kappa shape index (κ1) is 15.7. The largest absolute Gasteiger partial charge is 0.313 e. The predicted octanol–water partition coefficient (Wildman–Crippen LogP) is 4.10. The number of nitrogens with zero attached hydrogens (tertiary/aromatic N) is 1. The van der Waals surface area contributed by atoms with Gasteiger partial charge in [0.05, 0.1) is 0 Å². The molecule has 0 aromatic heterocycles. The Morgan fingerprint density at radius 3 is 2.58 bits per heavy atom. The van der Waals surface area contributed by atoms with Crippen LogP contribution < -0.4 is 5.84 Å². The maximum atomic E-state index is 13.2. The van der Waals surface area contributed by atoms with Gasteiger partial charge >= 0.3 is 0 Å². The maximum absolute atomic E-state index is 13.2. The number of hydrogen-bond donors (Lipinski definition) is 1. The summed E-state index contributed by atoms with van der Waals surface area (Å²) in [5.74, 6) is 5.96. The molecule has 3 heteroatoms. The van der Waals surface area contributed by atoms with Crippen LogP contribution in [0.2, 0.25) is 0 Å². The van der Waals surface area contributed by atoms with E-state index in [1.54, 1.807) is 11.1 Å². The van der Waals surface area contributed by atoms with E-state index < -0.39 is 0 Å². The molecular weight excluding hydrogens is 239 g/mol. The maximum Gasteiger partial charge on any atom is 0.122 e. The van der Waals surface area contributed by atoms with Gasteiger partial charge in [0.15, 0.2) is 0 Å². The van der Waals surface area contributed by atoms with E-state index >= 15 is 0 Å². The third-order valence-corrected chi connectivity index (χ3v) is 3.60. The van der Waals surface area contributed by atoms with E-state index in [4.69, 9.17) is 5.84 Å². The summed E-state index contributed by atoms with van der Waals surface area (Å²) in [5.41, 5.74) is -0.320. The highest BCUT2D eigenvalue weighted by molar-refractivity contribution is 5.29. The van der Waals surface area contributed by atoms with E-state index in [-0.39, 0.29) is 22.7 Å². The molecule has 106 valence electrons. The van der Waals surface area contributed by atoms with E-state index in [0.29, 0.717) is 0 Å². The lowest BCUT2D eigenvalue weighted by atomic mass is 9.77. The number of rotatable bonds is 3. The molecule has 0 amide bonds. The Balaban J connectivity index is 2.81. The molecule has 2 unspecified atom stereocenters. The van der Waals surface area contributed by atoms with Gasteiger partial charge in [-0.1, -0.05) is 38.2 Å². The molecule has 0 bridgehead atoms. The standard InChI is InChI=1S/C16H25FN2/c1-13(9-12-19(18)15(2,3)4)16(5)10-6-7-14(17)8-11-16/h6-13H,18H2,1-5H3/b12-9-. The summed E-state index contributed by atoms with van der Waals surface area (Å²) < 4.78 is 13.2. The van der Waals surface area contributed by atoms with Gasteiger partial charge in [0.1, 0.15) is 5.83 Å². The molecule has 0 aromatic rings. The smallest absolute Gasteiger partial charge is 0.122 e. The molecule has 0 saturated heterocycles. The van der Waals surface area contributed by atoms with Crippen LogP contribution >= 0.6 is 0 Å². The van der Waals surface area contributed by atoms with Crippen LogP contribution in [-0.4, -0.2) is 10.5 Å². The number of nitrogens with two attached hydrogens (primary N) is 1. The highest BCUT2D eigenvalue weighted by Crippen LogP contribution is 2.34. The Hall–Kier alpha value is -1.35. The van der Waals surface area contributed by atoms with Crippen molar-refractivity contribution >= 4 is 0 Å². The second kappa shape index (κ2) is 5.74. The summed E-state index contributed by atoms with van der Waals surface area (Å²) >= 11 is 0. The summed E-state index contributed by atoms with van der Waals surface area (Å²) in [6.07, 6.45) is 12.6. The molecule has 0 aliphatic heterocycles. The van der Waals surface area contributed by atoms with Crippen molar-refractivity contribution in [3.05, 3.63) is 48.5 Å². The second-order valence-electron chi connectivity index (χ2n) is 6.32. The number of hydrogen-bond acceptors (Lipinski definition) is 2. The van der Waals surface area contributed by atoms with E-state index in [9.17, 15) is 4.39 Å². The number of halogens is 1. The first-order valence-electron chi connectivity index (χ1n) is 6.62. The zero-order chi connectivity index (χ0) is 14.7. The van der Waals surface area contributed by atoms with Gasteiger partial charge in [0.2, 0.25) is 0 Å². The Morgan fingerprint density at radius 2 is 2.00 bits per heavy atom. The third kappa shape index (κ3) is 4.35. The quantitative estimate of drug-likeness (QED) is 0.614. The summed E-state index contributed by atoms with van der Waals surface area (Å²) in [6, 6.07) is 0. The minimum absolute atomic E-state index is 0.111. The van der Waals surface area contributed by atoms with Gasteiger partial charge in [-0.25, -0.2) is 10.2 Å². The molecule has 2 atom stereocenters. The van der Waals surface area contributed by atoms with E-state index in [0.717, 1.165) is 0 Å². The van der Waals surface area contributed by atoms with Gasteiger partial charge in [-0.2, -0.15) is 0 Å². The van der Waals surface area contributed by atoms with Crippen LogP contribution in [-0.2, 0) is 0 Å². The van der Waals surface area contributed by atoms with Crippen LogP contribution in [0.3, 0.4) is 0 Å². The van der Waals surface area contributed by atoms with Crippen LogP contribution in [0.25, 0.3) is 0 Å². The zero-order valence-electron chi connectivity index (χ0n) is 12.5. The molecule has 1 aliphatic carbocycles. The Morgan fingerprint density at radius 1 is 1.37 bits per heavy atom. The SMILES string of the molecule is CC(/C=C\N(N)C(C)(C)C)C1(C)C=CC=C(F)C=C1. The lowest BCUT2D eigenvalue weighted by molar-refractivity contribution is 0.208. The molecule has 0 saturated carbocycles. The first-order valence-corrected chi connectivity index (χ1v) is 6.62. The summed E-state index contributed by atoms with van der Waals surface area (Å²) in [5, 5.41) is 1.69. The fourth-order valence-corrected chi connectivity index (χ4v) is 1.67. The molecule has 0 heterocycles. The molecule has 0 fully saturated rings. The summed E-state index contributed by atoms with van der Waals surface area (Å²) in [6.45, 7) is 10.3. The monoisotopic (exact) mass is 264 g/mol. The van der Waals surface area contributed by atoms with E-state index in [1.165, 1.54) is 12.2 Å². The van der Waals surface area contributed by atoms with Crippen LogP contribution in [0, 0.1) is 11.3 Å². The molecule has 19 heavy (non-hydrogen) atoms. The Bertz CT molecular complexity index is 427. The van der Waals surface area contributed by atoms with Crippen LogP contribution in [0.5, 0.6) is 0 Å². The lowest BCUT2D eigenvalue weighted by Gasteiger charge is -2.32. The molecule has 0 spiro atoms. The van der Waals surface area contributed by atoms with E-state index in [2.05, 4.69) is 40.7 Å². The van der Waals surface area contributed by atoms with Crippen molar-refractivity contribution in [1.29, 1.82) is 0 Å². The Kier molecular flexibility index (Phi) is 4.75. The normalized spacial score (nSPS) is 25.3. The van der Waals surface area contributed by atoms with Crippen molar-refractivity contribution in [2.24, 2.45) is 17.2 Å². The fourth-order valence-electron chi connectivity index (χ4n) is 1.67. The van der Waals surface area contributed by atoms with Gasteiger partial charge in [-0.05, 0) is 38.8 Å². The van der Waals surface area contributed by atoms with Crippen molar-refractivity contribution in [3.8, 4) is 0 Å². The van der Waals surface area contributed by atoms with Crippen LogP contribution in [0.4, 0.5) is 4.39 Å². The van der Waals surface area contributed by atoms with Gasteiger partial charge in [0, 0.05) is 17.2 Å². The molecular formula is C16H25FN2. The molecule has 0 aromatic carbocycles. The summed E-state index contributed by atoms with van der Waals surface area (Å²) in [4.78, 5) is 0. The Labute approximate surface area is 116 Å². The highest BCUT2D eigenvalue weighted by atomic mass is 19.1. The van der Waals surface area contributed by atoms with Crippen molar-refractivity contribution in [2.75, 3.05) is 0 Å². The number of hydrazine groups is 1. The van der Waals surface area contributed by atoms with E-state index in [1.807, 2.05) is 18.4 Å². The lowest BCUT2D eigenvalue weighted by Crippen LogP contribution is -2.42. The van der Waals surface area contributed by atoms with Crippen molar-refractivity contribution in [2.45, 2.75) is 40.2 Å². The van der Waals surface area contributed by atoms with Crippen molar-refractivity contribution in [3.63, 3.8) is 0 Å². The third-order valence-electron chi connectivity index (χ3n) is 3.60. The van der Waals surface area contributed by atoms with Gasteiger partial charge in [-0.15, -0.1) is 0 Å². The van der Waals surface area contributed by atoms with Crippen LogP contribution in [0.1, 0.15) is 34.6 Å². The average molecular weight is 264 g/mol. The topological polar surface area (TPSA) is 29.3 Å². The summed E-state index contributed by atoms with van der Waals surface area (Å²) in [7, 11) is 0. The van der Waals surface area contributed by atoms with Crippen molar-refractivity contribution < 1.29 is 4.39 Å². The highest BCUT2D eigenvalue weighted by Gasteiger charge is 2.25. The van der Waals surface area contributed by atoms with Gasteiger partial charge in [-0.3, -0.25) is 0 Å². The second-order valence-corrected chi connectivity index (χ2v) is 6.32. The predicted molar refractivity (Wildman–Crippen MR) is 79.7 cm³/mol. The van der Waals surface area contributed by atoms with Crippen molar-refractivity contribution in [1.82, 2.24) is 5.01 Å². The van der Waals surface area contributed by atoms with Gasteiger partial charge < -0.3 is 5.01 Å². The molecule has 2 nitrogen and oxygen atoms in total. The molecule has 2 N–H and O–H groups in total. The average Bonchev–Trinajstić information content (AvgIpc) is 2.47. The number of allylic oxidation sites excluding steroid dienone is 7. The molecule has 1 aliphatic rings. The first-order chi connectivity index (χ1) is 8.65. The zero-order valence-corrected chi connectivity index (χ0v) is 12.5. The fraction of sp³-hybridized carbons (Fsp3) is 0.500. The minimum Gasteiger partial charge on any atom is -0.313 e. The molecule has 1 rings (SSSR count). The van der Waals surface area contributed by atoms with Crippen LogP contribution in [0.15, 0.2) is 48.5 Å².